The molecule has 1 aromatic heterocycles. The van der Waals surface area contributed by atoms with Gasteiger partial charge in [-0.05, 0) is 5.39 Å². The van der Waals surface area contributed by atoms with Crippen LogP contribution in [0.4, 0.5) is 0 Å². The molecule has 0 atom stereocenters. The second-order valence-corrected chi connectivity index (χ2v) is 4.56. The Morgan fingerprint density at radius 3 is 2.43 bits per heavy atom. The van der Waals surface area contributed by atoms with Gasteiger partial charge in [-0.2, -0.15) is 0 Å². The van der Waals surface area contributed by atoms with Crippen molar-refractivity contribution in [3.8, 4) is 0 Å². The monoisotopic (exact) mass is 528 g/mol. The van der Waals surface area contributed by atoms with Gasteiger partial charge in [0.25, 0.3) is 0 Å². The molecule has 4 heteroatoms. The largest absolute Gasteiger partial charge is 0.358 e. The van der Waals surface area contributed by atoms with Gasteiger partial charge in [0.15, 0.2) is 0 Å². The minimum absolute atomic E-state index is 0. The van der Waals surface area contributed by atoms with E-state index in [0.29, 0.717) is 0 Å². The summed E-state index contributed by atoms with van der Waals surface area (Å²) in [7, 11) is 2.04. The van der Waals surface area contributed by atoms with Crippen molar-refractivity contribution in [3.05, 3.63) is 62.3 Å². The third-order valence-electron chi connectivity index (χ3n) is 3.50. The molecule has 0 N–H and O–H groups in total. The number of benzene rings is 3. The number of aromatic nitrogens is 2. The van der Waals surface area contributed by atoms with E-state index in [1.54, 1.807) is 0 Å². The molecule has 0 aliphatic carbocycles. The Labute approximate surface area is 163 Å². The van der Waals surface area contributed by atoms with Crippen molar-refractivity contribution >= 4 is 32.6 Å². The first-order valence-electron chi connectivity index (χ1n) is 5.98. The molecule has 3 aromatic carbocycles. The number of fused-ring (bicyclic) bond motifs is 6. The van der Waals surface area contributed by atoms with Gasteiger partial charge >= 0.3 is 0 Å². The second-order valence-electron chi connectivity index (χ2n) is 4.56. The molecule has 2 nitrogen and oxygen atoms in total. The summed E-state index contributed by atoms with van der Waals surface area (Å²) in [5.41, 5.74) is 2.22. The normalized spacial score (nSPS) is 9.95. The van der Waals surface area contributed by atoms with Crippen molar-refractivity contribution in [2.45, 2.75) is 0 Å². The zero-order chi connectivity index (χ0) is 12.1. The molecular formula is C17H14IrN2Y-2. The Kier molecular flexibility index (Phi) is 6.25. The molecule has 0 unspecified atom stereocenters. The summed E-state index contributed by atoms with van der Waals surface area (Å²) in [5.74, 6) is 0. The van der Waals surface area contributed by atoms with Crippen LogP contribution in [-0.4, -0.2) is 9.55 Å². The van der Waals surface area contributed by atoms with Gasteiger partial charge in [-0.1, -0.05) is 35.0 Å². The minimum Gasteiger partial charge on any atom is -0.358 e. The molecule has 2 radical (unpaired) electrons. The topological polar surface area (TPSA) is 17.8 Å². The van der Waals surface area contributed by atoms with Crippen molar-refractivity contribution in [1.29, 1.82) is 0 Å². The summed E-state index contributed by atoms with van der Waals surface area (Å²) < 4.78 is 2.08. The molecule has 0 amide bonds. The van der Waals surface area contributed by atoms with E-state index in [0.717, 1.165) is 10.9 Å². The van der Waals surface area contributed by atoms with Crippen molar-refractivity contribution < 1.29 is 52.8 Å². The standard InChI is InChI=1S/C16H11N2.CH3.Ir.Y/c1-18-10-17-15-13-8-4-2-6-11(13)12-7-3-5-9-14(12)16(15)18;;;/h2-7,9-10H,1H3;1H3;;/q2*-1;;. The molecule has 0 bridgehead atoms. The Bertz CT molecular complexity index is 899. The van der Waals surface area contributed by atoms with Crippen LogP contribution in [0.15, 0.2) is 48.8 Å². The number of rotatable bonds is 0. The zero-order valence-electron chi connectivity index (χ0n) is 11.9. The number of aryl methyl sites for hydroxylation is 1. The van der Waals surface area contributed by atoms with Gasteiger partial charge in [0.05, 0.1) is 6.33 Å². The third-order valence-corrected chi connectivity index (χ3v) is 3.50. The molecule has 0 aliphatic heterocycles. The Morgan fingerprint density at radius 1 is 1.00 bits per heavy atom. The van der Waals surface area contributed by atoms with Crippen LogP contribution in [0.1, 0.15) is 0 Å². The predicted molar refractivity (Wildman–Crippen MR) is 81.0 cm³/mol. The minimum atomic E-state index is 0. The van der Waals surface area contributed by atoms with E-state index >= 15 is 0 Å². The van der Waals surface area contributed by atoms with Crippen LogP contribution in [0.25, 0.3) is 32.6 Å². The van der Waals surface area contributed by atoms with Gasteiger partial charge in [-0.3, -0.25) is 4.98 Å². The Hall–Kier alpha value is -0.597. The quantitative estimate of drug-likeness (QED) is 0.249. The van der Waals surface area contributed by atoms with Crippen LogP contribution >= 0.6 is 0 Å². The van der Waals surface area contributed by atoms with Crippen LogP contribution in [0.2, 0.25) is 0 Å². The first kappa shape index (κ1) is 18.5. The predicted octanol–water partition coefficient (Wildman–Crippen LogP) is 4.13. The van der Waals surface area contributed by atoms with Gasteiger partial charge in [0, 0.05) is 70.9 Å². The molecule has 21 heavy (non-hydrogen) atoms. The van der Waals surface area contributed by atoms with Crippen LogP contribution < -0.4 is 0 Å². The molecule has 0 saturated carbocycles. The van der Waals surface area contributed by atoms with Crippen LogP contribution in [-0.2, 0) is 59.9 Å². The Morgan fingerprint density at radius 2 is 1.67 bits per heavy atom. The molecule has 106 valence electrons. The van der Waals surface area contributed by atoms with Gasteiger partial charge < -0.3 is 12.0 Å². The molecule has 4 aromatic rings. The molecule has 1 heterocycles. The average Bonchev–Trinajstić information content (AvgIpc) is 2.82. The SMILES string of the molecule is Cn1cnc2c3[c-]cccc3c3ccccc3c21.[CH3-].[Ir].[Y]. The fraction of sp³-hybridized carbons (Fsp3) is 0.0588. The Balaban J connectivity index is 0.000000735. The molecular weight excluding hydrogens is 513 g/mol. The molecule has 0 fully saturated rings. The van der Waals surface area contributed by atoms with Crippen LogP contribution in [0.5, 0.6) is 0 Å². The van der Waals surface area contributed by atoms with E-state index in [1.165, 1.54) is 21.7 Å². The molecule has 4 rings (SSSR count). The smallest absolute Gasteiger partial charge is 0.0840 e. The average molecular weight is 527 g/mol. The number of hydrogen-bond donors (Lipinski definition) is 0. The maximum absolute atomic E-state index is 4.53. The summed E-state index contributed by atoms with van der Waals surface area (Å²) in [6.45, 7) is 0. The van der Waals surface area contributed by atoms with Gasteiger partial charge in [-0.15, -0.1) is 29.7 Å². The first-order chi connectivity index (χ1) is 8.86. The summed E-state index contributed by atoms with van der Waals surface area (Å²) in [5, 5.41) is 4.84. The van der Waals surface area contributed by atoms with Crippen LogP contribution in [0, 0.1) is 13.5 Å². The van der Waals surface area contributed by atoms with Crippen LogP contribution in [0.3, 0.4) is 0 Å². The van der Waals surface area contributed by atoms with Gasteiger partial charge in [-0.25, -0.2) is 0 Å². The zero-order valence-corrected chi connectivity index (χ0v) is 17.2. The van der Waals surface area contributed by atoms with E-state index in [9.17, 15) is 0 Å². The number of hydrogen-bond acceptors (Lipinski definition) is 1. The summed E-state index contributed by atoms with van der Waals surface area (Å²) in [4.78, 5) is 4.53. The van der Waals surface area contributed by atoms with E-state index in [1.807, 2.05) is 25.5 Å². The van der Waals surface area contributed by atoms with E-state index in [2.05, 4.69) is 45.9 Å². The van der Waals surface area contributed by atoms with Crippen molar-refractivity contribution in [1.82, 2.24) is 9.55 Å². The third kappa shape index (κ3) is 2.73. The molecule has 0 aliphatic rings. The second kappa shape index (κ2) is 7.11. The fourth-order valence-electron chi connectivity index (χ4n) is 2.71. The maximum Gasteiger partial charge on any atom is 0.0840 e. The number of nitrogens with zero attached hydrogens (tertiary/aromatic N) is 2. The van der Waals surface area contributed by atoms with Crippen molar-refractivity contribution in [2.24, 2.45) is 7.05 Å². The fourth-order valence-corrected chi connectivity index (χ4v) is 2.71. The van der Waals surface area contributed by atoms with Gasteiger partial charge in [0.1, 0.15) is 0 Å². The van der Waals surface area contributed by atoms with Crippen molar-refractivity contribution in [3.63, 3.8) is 0 Å². The molecule has 0 saturated heterocycles. The summed E-state index contributed by atoms with van der Waals surface area (Å²) in [6, 6.07) is 17.9. The van der Waals surface area contributed by atoms with E-state index in [-0.39, 0.29) is 60.2 Å². The summed E-state index contributed by atoms with van der Waals surface area (Å²) in [6.07, 6.45) is 1.87. The maximum atomic E-state index is 4.53. The van der Waals surface area contributed by atoms with Crippen molar-refractivity contribution in [2.75, 3.05) is 0 Å². The van der Waals surface area contributed by atoms with E-state index < -0.39 is 0 Å². The summed E-state index contributed by atoms with van der Waals surface area (Å²) >= 11 is 0. The number of imidazole rings is 1. The van der Waals surface area contributed by atoms with Gasteiger partial charge in [0.2, 0.25) is 0 Å². The first-order valence-corrected chi connectivity index (χ1v) is 5.98. The van der Waals surface area contributed by atoms with E-state index in [4.69, 9.17) is 0 Å². The molecule has 0 spiro atoms.